The molecule has 0 aliphatic carbocycles. The standard InChI is InChI=1S/C34H39ClN6O2/c1-9-28(42)39-17-23(8)40(18-22(39)7)32-26-16-27(35)30(25-13-11-10-12-21(25)6)37-33(26)41(34(43)38-32)31-24(19(2)3)14-15-36-29(31)20(4)5/h9-16,19-20,22-23H,1,17-18H2,2-8H3. The van der Waals surface area contributed by atoms with Crippen LogP contribution in [0.15, 0.2) is 60.0 Å². The summed E-state index contributed by atoms with van der Waals surface area (Å²) in [5.74, 6) is 0.568. The van der Waals surface area contributed by atoms with Gasteiger partial charge in [-0.05, 0) is 61.9 Å². The molecule has 4 aromatic rings. The summed E-state index contributed by atoms with van der Waals surface area (Å²) in [6.45, 7) is 19.0. The molecule has 0 spiro atoms. The molecule has 0 saturated carbocycles. The van der Waals surface area contributed by atoms with E-state index in [9.17, 15) is 9.59 Å². The van der Waals surface area contributed by atoms with Gasteiger partial charge in [0.15, 0.2) is 5.65 Å². The summed E-state index contributed by atoms with van der Waals surface area (Å²) in [4.78, 5) is 45.3. The third-order valence-electron chi connectivity index (χ3n) is 8.29. The van der Waals surface area contributed by atoms with Gasteiger partial charge in [0.25, 0.3) is 0 Å². The maximum atomic E-state index is 14.3. The predicted molar refractivity (Wildman–Crippen MR) is 174 cm³/mol. The summed E-state index contributed by atoms with van der Waals surface area (Å²) in [6.07, 6.45) is 3.15. The van der Waals surface area contributed by atoms with Crippen LogP contribution in [0.5, 0.6) is 0 Å². The second kappa shape index (κ2) is 11.9. The average Bonchev–Trinajstić information content (AvgIpc) is 2.97. The monoisotopic (exact) mass is 598 g/mol. The van der Waals surface area contributed by atoms with E-state index in [4.69, 9.17) is 26.6 Å². The minimum atomic E-state index is -0.436. The van der Waals surface area contributed by atoms with Crippen molar-refractivity contribution >= 4 is 34.4 Å². The topological polar surface area (TPSA) is 84.2 Å². The molecule has 1 aromatic carbocycles. The highest BCUT2D eigenvalue weighted by Crippen LogP contribution is 2.37. The summed E-state index contributed by atoms with van der Waals surface area (Å²) < 4.78 is 1.63. The molecule has 2 unspecified atom stereocenters. The second-order valence-corrected chi connectivity index (χ2v) is 12.5. The lowest BCUT2D eigenvalue weighted by Gasteiger charge is -2.44. The highest BCUT2D eigenvalue weighted by atomic mass is 35.5. The zero-order valence-corrected chi connectivity index (χ0v) is 26.7. The van der Waals surface area contributed by atoms with Crippen LogP contribution in [-0.2, 0) is 4.79 Å². The zero-order chi connectivity index (χ0) is 31.2. The van der Waals surface area contributed by atoms with Crippen molar-refractivity contribution < 1.29 is 4.79 Å². The van der Waals surface area contributed by atoms with Crippen LogP contribution in [0.2, 0.25) is 5.02 Å². The van der Waals surface area contributed by atoms with Crippen LogP contribution >= 0.6 is 11.6 Å². The number of benzene rings is 1. The molecule has 4 heterocycles. The fourth-order valence-corrected chi connectivity index (χ4v) is 6.27. The zero-order valence-electron chi connectivity index (χ0n) is 25.9. The number of carbonyl (C=O) groups is 1. The van der Waals surface area contributed by atoms with Gasteiger partial charge >= 0.3 is 5.69 Å². The van der Waals surface area contributed by atoms with E-state index >= 15 is 0 Å². The van der Waals surface area contributed by atoms with Crippen LogP contribution in [-0.4, -0.2) is 55.5 Å². The number of aromatic nitrogens is 4. The Labute approximate surface area is 258 Å². The van der Waals surface area contributed by atoms with Crippen molar-refractivity contribution in [3.8, 4) is 16.9 Å². The smallest absolute Gasteiger partial charge is 0.349 e. The van der Waals surface area contributed by atoms with Gasteiger partial charge in [-0.2, -0.15) is 4.98 Å². The molecule has 2 atom stereocenters. The minimum Gasteiger partial charge on any atom is -0.349 e. The lowest BCUT2D eigenvalue weighted by molar-refractivity contribution is -0.128. The fourth-order valence-electron chi connectivity index (χ4n) is 6.02. The quantitative estimate of drug-likeness (QED) is 0.231. The van der Waals surface area contributed by atoms with Crippen molar-refractivity contribution in [2.24, 2.45) is 0 Å². The first kappa shape index (κ1) is 30.4. The molecule has 224 valence electrons. The number of anilines is 1. The molecule has 1 aliphatic rings. The number of pyridine rings is 2. The molecule has 8 nitrogen and oxygen atoms in total. The maximum absolute atomic E-state index is 14.3. The lowest BCUT2D eigenvalue weighted by atomic mass is 9.97. The Bertz CT molecular complexity index is 1750. The Morgan fingerprint density at radius 2 is 1.77 bits per heavy atom. The Balaban J connectivity index is 1.86. The summed E-state index contributed by atoms with van der Waals surface area (Å²) in [6, 6.07) is 11.6. The van der Waals surface area contributed by atoms with Gasteiger partial charge in [0, 0.05) is 36.9 Å². The molecule has 1 saturated heterocycles. The molecular weight excluding hydrogens is 560 g/mol. The molecule has 5 rings (SSSR count). The van der Waals surface area contributed by atoms with E-state index in [0.29, 0.717) is 40.7 Å². The van der Waals surface area contributed by atoms with Crippen molar-refractivity contribution in [1.82, 2.24) is 24.4 Å². The van der Waals surface area contributed by atoms with E-state index in [1.165, 1.54) is 6.08 Å². The van der Waals surface area contributed by atoms with Crippen molar-refractivity contribution in [2.45, 2.75) is 72.4 Å². The van der Waals surface area contributed by atoms with E-state index in [1.54, 1.807) is 15.7 Å². The number of hydrogen-bond acceptors (Lipinski definition) is 6. The molecule has 0 bridgehead atoms. The normalized spacial score (nSPS) is 17.3. The van der Waals surface area contributed by atoms with Gasteiger partial charge in [-0.3, -0.25) is 9.78 Å². The summed E-state index contributed by atoms with van der Waals surface area (Å²) in [7, 11) is 0. The van der Waals surface area contributed by atoms with Crippen molar-refractivity contribution in [1.29, 1.82) is 0 Å². The number of amides is 1. The first-order chi connectivity index (χ1) is 20.4. The maximum Gasteiger partial charge on any atom is 0.355 e. The Morgan fingerprint density at radius 1 is 1.05 bits per heavy atom. The first-order valence-electron chi connectivity index (χ1n) is 14.8. The van der Waals surface area contributed by atoms with Gasteiger partial charge in [-0.25, -0.2) is 14.3 Å². The van der Waals surface area contributed by atoms with E-state index in [-0.39, 0.29) is 29.8 Å². The second-order valence-electron chi connectivity index (χ2n) is 12.0. The SMILES string of the molecule is C=CC(=O)N1CC(C)N(c2nc(=O)n(-c3c(C(C)C)ccnc3C(C)C)c3nc(-c4ccccc4C)c(Cl)cc23)CC1C. The van der Waals surface area contributed by atoms with Gasteiger partial charge < -0.3 is 9.80 Å². The highest BCUT2D eigenvalue weighted by molar-refractivity contribution is 6.34. The molecule has 1 aliphatic heterocycles. The minimum absolute atomic E-state index is 0.0508. The highest BCUT2D eigenvalue weighted by Gasteiger charge is 2.34. The fraction of sp³-hybridized carbons (Fsp3) is 0.382. The van der Waals surface area contributed by atoms with Crippen LogP contribution in [0.1, 0.15) is 70.2 Å². The third kappa shape index (κ3) is 5.44. The van der Waals surface area contributed by atoms with Gasteiger partial charge in [0.1, 0.15) is 5.82 Å². The molecule has 9 heteroatoms. The van der Waals surface area contributed by atoms with Crippen LogP contribution in [0, 0.1) is 6.92 Å². The average molecular weight is 599 g/mol. The predicted octanol–water partition coefficient (Wildman–Crippen LogP) is 6.66. The number of rotatable bonds is 6. The van der Waals surface area contributed by atoms with E-state index < -0.39 is 5.69 Å². The number of halogens is 1. The van der Waals surface area contributed by atoms with Crippen molar-refractivity contribution in [2.75, 3.05) is 18.0 Å². The lowest BCUT2D eigenvalue weighted by Crippen LogP contribution is -2.58. The Kier molecular flexibility index (Phi) is 8.43. The van der Waals surface area contributed by atoms with E-state index in [0.717, 1.165) is 28.1 Å². The van der Waals surface area contributed by atoms with Gasteiger partial charge in [0.05, 0.1) is 27.5 Å². The largest absolute Gasteiger partial charge is 0.355 e. The number of hydrogen-bond donors (Lipinski definition) is 0. The molecule has 1 amide bonds. The molecule has 1 fully saturated rings. The summed E-state index contributed by atoms with van der Waals surface area (Å²) >= 11 is 7.00. The number of nitrogens with zero attached hydrogens (tertiary/aromatic N) is 6. The summed E-state index contributed by atoms with van der Waals surface area (Å²) in [5.41, 5.74) is 5.06. The molecule has 0 N–H and O–H groups in total. The van der Waals surface area contributed by atoms with E-state index in [1.807, 2.05) is 57.2 Å². The molecule has 3 aromatic heterocycles. The van der Waals surface area contributed by atoms with Crippen LogP contribution in [0.4, 0.5) is 5.82 Å². The molecule has 0 radical (unpaired) electrons. The number of fused-ring (bicyclic) bond motifs is 1. The van der Waals surface area contributed by atoms with Gasteiger partial charge in [-0.1, -0.05) is 70.1 Å². The van der Waals surface area contributed by atoms with Crippen molar-refractivity contribution in [3.63, 3.8) is 0 Å². The van der Waals surface area contributed by atoms with Crippen LogP contribution < -0.4 is 10.6 Å². The first-order valence-corrected chi connectivity index (χ1v) is 15.2. The Hall–Kier alpha value is -4.04. The van der Waals surface area contributed by atoms with Crippen molar-refractivity contribution in [3.05, 3.63) is 87.6 Å². The number of carbonyl (C=O) groups excluding carboxylic acids is 1. The van der Waals surface area contributed by atoms with Gasteiger partial charge in [0.2, 0.25) is 5.91 Å². The Morgan fingerprint density at radius 3 is 2.42 bits per heavy atom. The van der Waals surface area contributed by atoms with E-state index in [2.05, 4.69) is 39.2 Å². The number of piperazine rings is 1. The number of aryl methyl sites for hydroxylation is 1. The molecule has 43 heavy (non-hydrogen) atoms. The van der Waals surface area contributed by atoms with Gasteiger partial charge in [-0.15, -0.1) is 0 Å². The molecular formula is C34H39ClN6O2. The third-order valence-corrected chi connectivity index (χ3v) is 8.58. The van der Waals surface area contributed by atoms with Crippen LogP contribution in [0.3, 0.4) is 0 Å². The summed E-state index contributed by atoms with van der Waals surface area (Å²) in [5, 5.41) is 1.13. The van der Waals surface area contributed by atoms with Crippen LogP contribution in [0.25, 0.3) is 28.0 Å².